The Hall–Kier alpha value is -1.75. The number of nitrogens with two attached hydrogens (primary N) is 1. The van der Waals surface area contributed by atoms with E-state index in [0.29, 0.717) is 0 Å². The number of carboxylic acid groups (broad SMARTS) is 1. The molecule has 1 aromatic carbocycles. The van der Waals surface area contributed by atoms with Gasteiger partial charge >= 0.3 is 5.97 Å². The third kappa shape index (κ3) is 2.37. The summed E-state index contributed by atoms with van der Waals surface area (Å²) in [5, 5.41) is 27.1. The topological polar surface area (TPSA) is 104 Å². The molecule has 5 heteroatoms. The van der Waals surface area contributed by atoms with Gasteiger partial charge in [-0.15, -0.1) is 0 Å². The maximum Gasteiger partial charge on any atom is 0.320 e. The fraction of sp³-hybridized carbons (Fsp3) is 0.222. The van der Waals surface area contributed by atoms with Crippen LogP contribution in [0, 0.1) is 0 Å². The van der Waals surface area contributed by atoms with Crippen molar-refractivity contribution >= 4 is 5.97 Å². The van der Waals surface area contributed by atoms with Crippen molar-refractivity contribution in [2.24, 2.45) is 5.73 Å². The monoisotopic (exact) mass is 200 g/mol. The van der Waals surface area contributed by atoms with E-state index in [1.165, 1.54) is 0 Å². The smallest absolute Gasteiger partial charge is 0.320 e. The van der Waals surface area contributed by atoms with E-state index in [9.17, 15) is 15.0 Å². The number of phenols is 2. The molecule has 14 heavy (non-hydrogen) atoms. The Balaban J connectivity index is 3.30. The number of phenolic OH excluding ortho intramolecular Hbond substituents is 2. The zero-order valence-corrected chi connectivity index (χ0v) is 7.11. The zero-order chi connectivity index (χ0) is 13.3. The lowest BCUT2D eigenvalue weighted by atomic mass is 10.1. The number of hydrogen-bond donors (Lipinski definition) is 4. The van der Waals surface area contributed by atoms with E-state index in [2.05, 4.69) is 0 Å². The predicted octanol–water partition coefficient (Wildman–Crippen LogP) is 0.0522. The summed E-state index contributed by atoms with van der Waals surface area (Å²) in [4.78, 5) is 10.6. The van der Waals surface area contributed by atoms with Crippen LogP contribution in [0.3, 0.4) is 0 Å². The molecule has 1 rings (SSSR count). The second kappa shape index (κ2) is 3.97. The van der Waals surface area contributed by atoms with Crippen LogP contribution in [0.5, 0.6) is 11.5 Å². The van der Waals surface area contributed by atoms with Gasteiger partial charge in [-0.25, -0.2) is 0 Å². The summed E-state index contributed by atoms with van der Waals surface area (Å²) in [5.74, 6) is -3.03. The van der Waals surface area contributed by atoms with Gasteiger partial charge in [0.05, 0.1) is 4.11 Å². The number of carbonyl (C=O) groups is 1. The summed E-state index contributed by atoms with van der Waals surface area (Å²) in [6.45, 7) is 0. The van der Waals surface area contributed by atoms with Gasteiger partial charge in [0.1, 0.15) is 6.04 Å². The number of rotatable bonds is 3. The summed E-state index contributed by atoms with van der Waals surface area (Å²) in [7, 11) is 0. The second-order valence-corrected chi connectivity index (χ2v) is 2.70. The van der Waals surface area contributed by atoms with Crippen LogP contribution in [-0.4, -0.2) is 27.3 Å². The van der Waals surface area contributed by atoms with Crippen LogP contribution in [0.15, 0.2) is 18.1 Å². The Bertz CT molecular complexity index is 449. The molecule has 0 saturated carbocycles. The van der Waals surface area contributed by atoms with Crippen LogP contribution in [0.1, 0.15) is 9.68 Å². The SMILES string of the molecule is [2H]c1c([2H])c(CC(N)C(=O)O)c([2H])c(O)c1O. The molecule has 0 spiro atoms. The van der Waals surface area contributed by atoms with Gasteiger partial charge in [-0.3, -0.25) is 4.79 Å². The highest BCUT2D eigenvalue weighted by atomic mass is 16.4. The number of aliphatic carboxylic acids is 1. The van der Waals surface area contributed by atoms with Crippen LogP contribution in [0.2, 0.25) is 0 Å². The number of hydrogen-bond acceptors (Lipinski definition) is 4. The van der Waals surface area contributed by atoms with Crippen molar-refractivity contribution < 1.29 is 24.2 Å². The largest absolute Gasteiger partial charge is 0.504 e. The average Bonchev–Trinajstić information content (AvgIpc) is 2.29. The predicted molar refractivity (Wildman–Crippen MR) is 49.1 cm³/mol. The van der Waals surface area contributed by atoms with Crippen molar-refractivity contribution in [3.05, 3.63) is 23.7 Å². The van der Waals surface area contributed by atoms with Crippen molar-refractivity contribution in [1.29, 1.82) is 0 Å². The number of carboxylic acids is 1. The van der Waals surface area contributed by atoms with Crippen LogP contribution >= 0.6 is 0 Å². The van der Waals surface area contributed by atoms with Crippen molar-refractivity contribution in [3.8, 4) is 11.5 Å². The van der Waals surface area contributed by atoms with E-state index < -0.39 is 41.6 Å². The summed E-state index contributed by atoms with van der Waals surface area (Å²) in [6.07, 6.45) is -0.368. The molecule has 0 saturated heterocycles. The van der Waals surface area contributed by atoms with Crippen molar-refractivity contribution in [2.75, 3.05) is 0 Å². The van der Waals surface area contributed by atoms with E-state index in [4.69, 9.17) is 15.0 Å². The minimum absolute atomic E-state index is 0.180. The lowest BCUT2D eigenvalue weighted by Gasteiger charge is -2.06. The maximum atomic E-state index is 10.6. The quantitative estimate of drug-likeness (QED) is 0.516. The minimum atomic E-state index is -1.34. The number of benzene rings is 1. The van der Waals surface area contributed by atoms with E-state index in [0.717, 1.165) is 0 Å². The van der Waals surface area contributed by atoms with Gasteiger partial charge < -0.3 is 21.1 Å². The van der Waals surface area contributed by atoms with E-state index in [-0.39, 0.29) is 12.0 Å². The van der Waals surface area contributed by atoms with Gasteiger partial charge in [0.25, 0.3) is 0 Å². The first-order valence-corrected chi connectivity index (χ1v) is 3.76. The molecule has 0 fully saturated rings. The molecule has 0 aliphatic heterocycles. The Morgan fingerprint density at radius 3 is 2.71 bits per heavy atom. The van der Waals surface area contributed by atoms with Gasteiger partial charge in [0.15, 0.2) is 11.5 Å². The molecule has 1 unspecified atom stereocenters. The summed E-state index contributed by atoms with van der Waals surface area (Å²) in [5.41, 5.74) is 5.07. The van der Waals surface area contributed by atoms with Gasteiger partial charge in [0, 0.05) is 0 Å². The molecule has 0 aliphatic rings. The van der Waals surface area contributed by atoms with Crippen molar-refractivity contribution in [1.82, 2.24) is 0 Å². The highest BCUT2D eigenvalue weighted by molar-refractivity contribution is 5.73. The fourth-order valence-electron chi connectivity index (χ4n) is 0.837. The summed E-state index contributed by atoms with van der Waals surface area (Å²) < 4.78 is 22.2. The molecule has 0 aliphatic carbocycles. The highest BCUT2D eigenvalue weighted by Crippen LogP contribution is 2.25. The van der Waals surface area contributed by atoms with E-state index >= 15 is 0 Å². The molecule has 0 bridgehead atoms. The Labute approximate surface area is 84.6 Å². The van der Waals surface area contributed by atoms with Crippen LogP contribution in [-0.2, 0) is 11.2 Å². The van der Waals surface area contributed by atoms with Gasteiger partial charge in [-0.05, 0) is 24.1 Å². The molecule has 5 nitrogen and oxygen atoms in total. The van der Waals surface area contributed by atoms with Crippen LogP contribution in [0.4, 0.5) is 0 Å². The van der Waals surface area contributed by atoms with Crippen molar-refractivity contribution in [3.63, 3.8) is 0 Å². The van der Waals surface area contributed by atoms with Gasteiger partial charge in [-0.1, -0.05) is 6.04 Å². The van der Waals surface area contributed by atoms with Gasteiger partial charge in [-0.2, -0.15) is 0 Å². The first kappa shape index (κ1) is 6.67. The third-order valence-electron chi connectivity index (χ3n) is 1.57. The lowest BCUT2D eigenvalue weighted by molar-refractivity contribution is -0.138. The normalized spacial score (nSPS) is 15.4. The molecule has 1 atom stereocenters. The first-order valence-electron chi connectivity index (χ1n) is 5.26. The molecular formula is C9H11NO4. The highest BCUT2D eigenvalue weighted by Gasteiger charge is 2.12. The summed E-state index contributed by atoms with van der Waals surface area (Å²) >= 11 is 0. The second-order valence-electron chi connectivity index (χ2n) is 2.70. The standard InChI is InChI=1S/C9H11NO4/c10-6(9(13)14)3-5-1-2-7(11)8(12)4-5/h1-2,4,6,11-12H,3,10H2,(H,13,14)/i1D,2D,4D. The Morgan fingerprint density at radius 2 is 2.14 bits per heavy atom. The van der Waals surface area contributed by atoms with E-state index in [1.54, 1.807) is 0 Å². The molecule has 0 aromatic heterocycles. The molecule has 1 aromatic rings. The third-order valence-corrected chi connectivity index (χ3v) is 1.57. The molecule has 0 amide bonds. The molecular weight excluding hydrogens is 186 g/mol. The summed E-state index contributed by atoms with van der Waals surface area (Å²) in [6, 6.07) is -3.10. The molecule has 5 N–H and O–H groups in total. The Kier molecular flexibility index (Phi) is 1.89. The average molecular weight is 200 g/mol. The van der Waals surface area contributed by atoms with Crippen LogP contribution < -0.4 is 5.73 Å². The minimum Gasteiger partial charge on any atom is -0.504 e. The Morgan fingerprint density at radius 1 is 1.50 bits per heavy atom. The van der Waals surface area contributed by atoms with Crippen molar-refractivity contribution in [2.45, 2.75) is 12.5 Å². The van der Waals surface area contributed by atoms with Gasteiger partial charge in [0.2, 0.25) is 0 Å². The maximum absolute atomic E-state index is 10.6. The van der Waals surface area contributed by atoms with E-state index in [1.807, 2.05) is 0 Å². The molecule has 0 heterocycles. The fourth-order valence-corrected chi connectivity index (χ4v) is 0.837. The molecule has 0 radical (unpaired) electrons. The lowest BCUT2D eigenvalue weighted by Crippen LogP contribution is -2.32. The zero-order valence-electron chi connectivity index (χ0n) is 10.1. The number of aromatic hydroxyl groups is 2. The molecule has 76 valence electrons. The van der Waals surface area contributed by atoms with Crippen LogP contribution in [0.25, 0.3) is 0 Å². The first-order chi connectivity index (χ1) is 7.77.